The summed E-state index contributed by atoms with van der Waals surface area (Å²) in [6.07, 6.45) is 0.464. The summed E-state index contributed by atoms with van der Waals surface area (Å²) in [4.78, 5) is 22.4. The Morgan fingerprint density at radius 2 is 2.08 bits per heavy atom. The van der Waals surface area contributed by atoms with Crippen molar-refractivity contribution in [1.29, 1.82) is 5.26 Å². The molecule has 0 fully saturated rings. The second kappa shape index (κ2) is 8.45. The summed E-state index contributed by atoms with van der Waals surface area (Å²) in [5.41, 5.74) is 1.26. The van der Waals surface area contributed by atoms with Gasteiger partial charge in [-0.15, -0.1) is 0 Å². The lowest BCUT2D eigenvalue weighted by Crippen LogP contribution is -2.28. The fraction of sp³-hybridized carbons (Fsp3) is 0.222. The van der Waals surface area contributed by atoms with Crippen molar-refractivity contribution in [3.8, 4) is 11.8 Å². The van der Waals surface area contributed by atoms with Crippen molar-refractivity contribution in [2.45, 2.75) is 18.9 Å². The van der Waals surface area contributed by atoms with E-state index in [1.165, 1.54) is 19.2 Å². The van der Waals surface area contributed by atoms with E-state index >= 15 is 0 Å². The fourth-order valence-electron chi connectivity index (χ4n) is 2.40. The van der Waals surface area contributed by atoms with Crippen LogP contribution in [-0.4, -0.2) is 17.9 Å². The molecule has 0 aliphatic carbocycles. The highest BCUT2D eigenvalue weighted by atomic mass is 16.6. The fourth-order valence-corrected chi connectivity index (χ4v) is 2.40. The van der Waals surface area contributed by atoms with Crippen molar-refractivity contribution in [2.75, 3.05) is 7.11 Å². The lowest BCUT2D eigenvalue weighted by molar-refractivity contribution is -0.384. The molecule has 128 valence electrons. The second-order valence-electron chi connectivity index (χ2n) is 5.30. The number of non-ortho nitro benzene ring substituents is 1. The van der Waals surface area contributed by atoms with Gasteiger partial charge < -0.3 is 10.1 Å². The summed E-state index contributed by atoms with van der Waals surface area (Å²) in [5.74, 6) is 0.206. The number of para-hydroxylation sites is 1. The molecule has 0 saturated carbocycles. The Bertz CT molecular complexity index is 814. The third kappa shape index (κ3) is 4.78. The third-order valence-electron chi connectivity index (χ3n) is 3.65. The maximum Gasteiger partial charge on any atom is 0.269 e. The van der Waals surface area contributed by atoms with Gasteiger partial charge in [-0.3, -0.25) is 14.9 Å². The summed E-state index contributed by atoms with van der Waals surface area (Å²) in [6.45, 7) is 0. The number of rotatable bonds is 7. The van der Waals surface area contributed by atoms with Crippen molar-refractivity contribution >= 4 is 11.6 Å². The summed E-state index contributed by atoms with van der Waals surface area (Å²) >= 11 is 0. The molecule has 7 heteroatoms. The van der Waals surface area contributed by atoms with E-state index in [4.69, 9.17) is 4.74 Å². The van der Waals surface area contributed by atoms with Crippen LogP contribution in [-0.2, 0) is 11.2 Å². The number of ether oxygens (including phenoxy) is 1. The number of amides is 1. The molecule has 7 nitrogen and oxygen atoms in total. The molecule has 0 heterocycles. The molecule has 0 saturated heterocycles. The highest BCUT2D eigenvalue weighted by Crippen LogP contribution is 2.24. The number of carbonyl (C=O) groups excluding carboxylic acids is 1. The number of hydrogen-bond donors (Lipinski definition) is 1. The highest BCUT2D eigenvalue weighted by Gasteiger charge is 2.17. The van der Waals surface area contributed by atoms with Crippen LogP contribution in [0.1, 0.15) is 23.6 Å². The number of methoxy groups -OCH3 is 1. The van der Waals surface area contributed by atoms with E-state index in [2.05, 4.69) is 5.32 Å². The van der Waals surface area contributed by atoms with Gasteiger partial charge in [0.1, 0.15) is 11.8 Å². The van der Waals surface area contributed by atoms with Crippen LogP contribution in [0.5, 0.6) is 5.75 Å². The maximum absolute atomic E-state index is 12.1. The van der Waals surface area contributed by atoms with Crippen LogP contribution in [0.4, 0.5) is 5.69 Å². The van der Waals surface area contributed by atoms with Crippen LogP contribution in [0, 0.1) is 21.4 Å². The monoisotopic (exact) mass is 339 g/mol. The predicted molar refractivity (Wildman–Crippen MR) is 90.9 cm³/mol. The SMILES string of the molecule is COc1ccccc1[C@@H](C#N)NC(=O)CCc1cccc([N+](=O)[O-])c1. The summed E-state index contributed by atoms with van der Waals surface area (Å²) in [7, 11) is 1.50. The van der Waals surface area contributed by atoms with Gasteiger partial charge in [0.2, 0.25) is 5.91 Å². The van der Waals surface area contributed by atoms with Crippen LogP contribution in [0.25, 0.3) is 0 Å². The van der Waals surface area contributed by atoms with Gasteiger partial charge in [-0.25, -0.2) is 0 Å². The number of carbonyl (C=O) groups is 1. The predicted octanol–water partition coefficient (Wildman–Crippen LogP) is 2.92. The highest BCUT2D eigenvalue weighted by molar-refractivity contribution is 5.77. The first-order chi connectivity index (χ1) is 12.0. The van der Waals surface area contributed by atoms with E-state index in [1.807, 2.05) is 6.07 Å². The molecule has 0 unspecified atom stereocenters. The van der Waals surface area contributed by atoms with E-state index in [0.29, 0.717) is 23.3 Å². The Balaban J connectivity index is 2.00. The average Bonchev–Trinajstić information content (AvgIpc) is 2.64. The first-order valence-corrected chi connectivity index (χ1v) is 7.60. The Labute approximate surface area is 145 Å². The quantitative estimate of drug-likeness (QED) is 0.617. The van der Waals surface area contributed by atoms with E-state index in [9.17, 15) is 20.2 Å². The molecular weight excluding hydrogens is 322 g/mol. The molecule has 2 aromatic carbocycles. The smallest absolute Gasteiger partial charge is 0.269 e. The van der Waals surface area contributed by atoms with Crippen molar-refractivity contribution in [3.63, 3.8) is 0 Å². The number of nitro benzene ring substituents is 1. The minimum atomic E-state index is -0.825. The van der Waals surface area contributed by atoms with Crippen molar-refractivity contribution < 1.29 is 14.5 Å². The maximum atomic E-state index is 12.1. The van der Waals surface area contributed by atoms with Crippen LogP contribution < -0.4 is 10.1 Å². The Kier molecular flexibility index (Phi) is 6.07. The van der Waals surface area contributed by atoms with Crippen molar-refractivity contribution in [1.82, 2.24) is 5.32 Å². The first kappa shape index (κ1) is 17.9. The molecule has 1 atom stereocenters. The molecule has 0 aromatic heterocycles. The molecule has 0 radical (unpaired) electrons. The zero-order valence-electron chi connectivity index (χ0n) is 13.6. The minimum absolute atomic E-state index is 0.0122. The molecule has 0 aliphatic rings. The summed E-state index contributed by atoms with van der Waals surface area (Å²) in [6, 6.07) is 14.3. The van der Waals surface area contributed by atoms with Crippen molar-refractivity contribution in [3.05, 3.63) is 69.8 Å². The molecule has 0 spiro atoms. The molecule has 0 bridgehead atoms. The second-order valence-corrected chi connectivity index (χ2v) is 5.30. The average molecular weight is 339 g/mol. The van der Waals surface area contributed by atoms with Gasteiger partial charge in [0.05, 0.1) is 18.1 Å². The summed E-state index contributed by atoms with van der Waals surface area (Å²) < 4.78 is 5.21. The Morgan fingerprint density at radius 1 is 1.32 bits per heavy atom. The van der Waals surface area contributed by atoms with Gasteiger partial charge in [-0.05, 0) is 18.1 Å². The molecule has 2 rings (SSSR count). The number of nitrogens with one attached hydrogen (secondary N) is 1. The van der Waals surface area contributed by atoms with E-state index in [0.717, 1.165) is 0 Å². The minimum Gasteiger partial charge on any atom is -0.496 e. The summed E-state index contributed by atoms with van der Waals surface area (Å²) in [5, 5.41) is 22.8. The standard InChI is InChI=1S/C18H17N3O4/c1-25-17-8-3-2-7-15(17)16(12-19)20-18(22)10-9-13-5-4-6-14(11-13)21(23)24/h2-8,11,16H,9-10H2,1H3,(H,20,22)/t16-/m1/s1. The molecule has 1 amide bonds. The zero-order valence-corrected chi connectivity index (χ0v) is 13.6. The number of hydrogen-bond acceptors (Lipinski definition) is 5. The number of nitrogens with zero attached hydrogens (tertiary/aromatic N) is 2. The van der Waals surface area contributed by atoms with E-state index in [-0.39, 0.29) is 18.0 Å². The number of benzene rings is 2. The van der Waals surface area contributed by atoms with Gasteiger partial charge in [0, 0.05) is 24.1 Å². The number of aryl methyl sites for hydroxylation is 1. The van der Waals surface area contributed by atoms with Gasteiger partial charge in [0.15, 0.2) is 0 Å². The van der Waals surface area contributed by atoms with Crippen molar-refractivity contribution in [2.24, 2.45) is 0 Å². The Hall–Kier alpha value is -3.40. The van der Waals surface area contributed by atoms with E-state index in [1.54, 1.807) is 36.4 Å². The molecule has 2 aromatic rings. The largest absolute Gasteiger partial charge is 0.496 e. The van der Waals surface area contributed by atoms with Gasteiger partial charge in [0.25, 0.3) is 5.69 Å². The van der Waals surface area contributed by atoms with Crippen LogP contribution in [0.3, 0.4) is 0 Å². The topological polar surface area (TPSA) is 105 Å². The molecule has 25 heavy (non-hydrogen) atoms. The molecule has 0 aliphatic heterocycles. The van der Waals surface area contributed by atoms with Gasteiger partial charge in [-0.2, -0.15) is 5.26 Å². The van der Waals surface area contributed by atoms with Crippen LogP contribution in [0.15, 0.2) is 48.5 Å². The van der Waals surface area contributed by atoms with Gasteiger partial charge >= 0.3 is 0 Å². The first-order valence-electron chi connectivity index (χ1n) is 7.60. The van der Waals surface area contributed by atoms with Gasteiger partial charge in [-0.1, -0.05) is 30.3 Å². The number of nitro groups is 1. The lowest BCUT2D eigenvalue weighted by atomic mass is 10.1. The van der Waals surface area contributed by atoms with E-state index < -0.39 is 11.0 Å². The lowest BCUT2D eigenvalue weighted by Gasteiger charge is -2.15. The number of nitriles is 1. The van der Waals surface area contributed by atoms with Crippen LogP contribution >= 0.6 is 0 Å². The molecule has 1 N–H and O–H groups in total. The normalized spacial score (nSPS) is 11.2. The Morgan fingerprint density at radius 3 is 2.76 bits per heavy atom. The third-order valence-corrected chi connectivity index (χ3v) is 3.65. The zero-order chi connectivity index (χ0) is 18.2. The van der Waals surface area contributed by atoms with Crippen LogP contribution in [0.2, 0.25) is 0 Å². The molecular formula is C18H17N3O4.